The molecule has 1 atom stereocenters. The highest BCUT2D eigenvalue weighted by molar-refractivity contribution is 5.99. The minimum absolute atomic E-state index is 0.0402. The standard InChI is InChI=1S/C17H20N4O2/c1-3-7-21-12(8-10(2)20-21)15-11(9-18)17(19)23-14-6-4-5-13(22)16(14)15/h8,15H,3-7,19H2,1-2H3/t15-/m1/s1. The Labute approximate surface area is 135 Å². The lowest BCUT2D eigenvalue weighted by Gasteiger charge is -2.30. The zero-order chi connectivity index (χ0) is 16.6. The van der Waals surface area contributed by atoms with Crippen LogP contribution in [0.15, 0.2) is 28.9 Å². The second-order valence-corrected chi connectivity index (χ2v) is 5.97. The molecule has 3 rings (SSSR count). The van der Waals surface area contributed by atoms with Crippen molar-refractivity contribution in [3.05, 3.63) is 40.2 Å². The number of hydrogen-bond acceptors (Lipinski definition) is 5. The van der Waals surface area contributed by atoms with Crippen molar-refractivity contribution >= 4 is 5.78 Å². The summed E-state index contributed by atoms with van der Waals surface area (Å²) in [6.07, 6.45) is 2.83. The zero-order valence-electron chi connectivity index (χ0n) is 13.4. The van der Waals surface area contributed by atoms with Gasteiger partial charge < -0.3 is 10.5 Å². The molecule has 1 aliphatic heterocycles. The predicted octanol–water partition coefficient (Wildman–Crippen LogP) is 2.42. The molecule has 0 spiro atoms. The van der Waals surface area contributed by atoms with Gasteiger partial charge in [-0.1, -0.05) is 6.92 Å². The van der Waals surface area contributed by atoms with Crippen LogP contribution in [0.1, 0.15) is 49.9 Å². The molecule has 2 heterocycles. The first-order chi connectivity index (χ1) is 11.1. The Bertz CT molecular complexity index is 764. The van der Waals surface area contributed by atoms with Crippen LogP contribution >= 0.6 is 0 Å². The van der Waals surface area contributed by atoms with Crippen LogP contribution in [0.5, 0.6) is 0 Å². The molecule has 1 aliphatic carbocycles. The number of nitriles is 1. The maximum atomic E-state index is 12.5. The van der Waals surface area contributed by atoms with Crippen molar-refractivity contribution in [2.75, 3.05) is 0 Å². The number of nitrogens with zero attached hydrogens (tertiary/aromatic N) is 3. The number of aryl methyl sites for hydroxylation is 2. The fourth-order valence-corrected chi connectivity index (χ4v) is 3.34. The van der Waals surface area contributed by atoms with Crippen LogP contribution in [-0.2, 0) is 16.1 Å². The summed E-state index contributed by atoms with van der Waals surface area (Å²) in [5.41, 5.74) is 8.55. The number of ether oxygens (including phenoxy) is 1. The molecule has 0 unspecified atom stereocenters. The van der Waals surface area contributed by atoms with Gasteiger partial charge in [-0.15, -0.1) is 0 Å². The summed E-state index contributed by atoms with van der Waals surface area (Å²) in [6.45, 7) is 4.71. The van der Waals surface area contributed by atoms with Gasteiger partial charge in [0.15, 0.2) is 5.78 Å². The highest BCUT2D eigenvalue weighted by atomic mass is 16.5. The Hall–Kier alpha value is -2.55. The maximum Gasteiger partial charge on any atom is 0.205 e. The highest BCUT2D eigenvalue weighted by Gasteiger charge is 2.39. The van der Waals surface area contributed by atoms with Gasteiger partial charge in [0, 0.05) is 25.0 Å². The van der Waals surface area contributed by atoms with E-state index < -0.39 is 5.92 Å². The van der Waals surface area contributed by atoms with Gasteiger partial charge in [0.05, 0.1) is 17.3 Å². The number of hydrogen-bond donors (Lipinski definition) is 1. The first-order valence-corrected chi connectivity index (χ1v) is 7.95. The number of Topliss-reactive ketones (excluding diaryl/α,β-unsaturated/α-hetero) is 1. The van der Waals surface area contributed by atoms with Gasteiger partial charge in [-0.25, -0.2) is 0 Å². The smallest absolute Gasteiger partial charge is 0.205 e. The van der Waals surface area contributed by atoms with E-state index in [1.807, 2.05) is 17.7 Å². The van der Waals surface area contributed by atoms with Gasteiger partial charge in [-0.3, -0.25) is 9.48 Å². The van der Waals surface area contributed by atoms with E-state index >= 15 is 0 Å². The Morgan fingerprint density at radius 3 is 3.00 bits per heavy atom. The molecular formula is C17H20N4O2. The molecular weight excluding hydrogens is 292 g/mol. The van der Waals surface area contributed by atoms with Gasteiger partial charge >= 0.3 is 0 Å². The third-order valence-corrected chi connectivity index (χ3v) is 4.27. The van der Waals surface area contributed by atoms with Gasteiger partial charge in [-0.05, 0) is 25.8 Å². The second kappa shape index (κ2) is 5.92. The molecule has 23 heavy (non-hydrogen) atoms. The molecule has 0 fully saturated rings. The molecule has 0 aromatic carbocycles. The molecule has 2 aliphatic rings. The third kappa shape index (κ3) is 2.52. The largest absolute Gasteiger partial charge is 0.444 e. The normalized spacial score (nSPS) is 21.1. The molecule has 6 heteroatoms. The molecule has 6 nitrogen and oxygen atoms in total. The van der Waals surface area contributed by atoms with Crippen LogP contribution in [0, 0.1) is 18.3 Å². The van der Waals surface area contributed by atoms with Crippen LogP contribution in [0.25, 0.3) is 0 Å². The molecule has 1 aromatic rings. The fourth-order valence-electron chi connectivity index (χ4n) is 3.34. The third-order valence-electron chi connectivity index (χ3n) is 4.27. The number of carbonyl (C=O) groups is 1. The van der Waals surface area contributed by atoms with Crippen molar-refractivity contribution in [2.45, 2.75) is 52.0 Å². The van der Waals surface area contributed by atoms with Crippen LogP contribution < -0.4 is 5.73 Å². The topological polar surface area (TPSA) is 93.9 Å². The minimum Gasteiger partial charge on any atom is -0.444 e. The Balaban J connectivity index is 2.19. The average molecular weight is 312 g/mol. The summed E-state index contributed by atoms with van der Waals surface area (Å²) in [7, 11) is 0. The van der Waals surface area contributed by atoms with Crippen molar-refractivity contribution in [2.24, 2.45) is 5.73 Å². The van der Waals surface area contributed by atoms with Gasteiger partial charge in [0.1, 0.15) is 17.4 Å². The quantitative estimate of drug-likeness (QED) is 0.925. The fraction of sp³-hybridized carbons (Fsp3) is 0.471. The lowest BCUT2D eigenvalue weighted by Crippen LogP contribution is -2.28. The monoisotopic (exact) mass is 312 g/mol. The van der Waals surface area contributed by atoms with Crippen LogP contribution in [0.2, 0.25) is 0 Å². The van der Waals surface area contributed by atoms with E-state index in [-0.39, 0.29) is 11.7 Å². The highest BCUT2D eigenvalue weighted by Crippen LogP contribution is 2.43. The number of ketones is 1. The first kappa shape index (κ1) is 15.3. The van der Waals surface area contributed by atoms with Crippen molar-refractivity contribution < 1.29 is 9.53 Å². The van der Waals surface area contributed by atoms with E-state index in [0.717, 1.165) is 30.8 Å². The summed E-state index contributed by atoms with van der Waals surface area (Å²) in [5, 5.41) is 14.1. The minimum atomic E-state index is -0.468. The van der Waals surface area contributed by atoms with E-state index in [2.05, 4.69) is 18.1 Å². The summed E-state index contributed by atoms with van der Waals surface area (Å²) < 4.78 is 7.46. The predicted molar refractivity (Wildman–Crippen MR) is 83.8 cm³/mol. The van der Waals surface area contributed by atoms with Crippen LogP contribution in [0.4, 0.5) is 0 Å². The number of aromatic nitrogens is 2. The maximum absolute atomic E-state index is 12.5. The van der Waals surface area contributed by atoms with E-state index in [1.165, 1.54) is 0 Å². The Kier molecular flexibility index (Phi) is 3.95. The molecule has 0 amide bonds. The zero-order valence-corrected chi connectivity index (χ0v) is 13.4. The molecule has 0 saturated carbocycles. The van der Waals surface area contributed by atoms with Crippen molar-refractivity contribution in [3.8, 4) is 6.07 Å². The van der Waals surface area contributed by atoms with Gasteiger partial charge in [0.25, 0.3) is 0 Å². The number of carbonyl (C=O) groups excluding carboxylic acids is 1. The van der Waals surface area contributed by atoms with Crippen molar-refractivity contribution in [1.29, 1.82) is 5.26 Å². The van der Waals surface area contributed by atoms with Crippen LogP contribution in [0.3, 0.4) is 0 Å². The molecule has 0 radical (unpaired) electrons. The summed E-state index contributed by atoms with van der Waals surface area (Å²) >= 11 is 0. The molecule has 0 saturated heterocycles. The van der Waals surface area contributed by atoms with Crippen LogP contribution in [-0.4, -0.2) is 15.6 Å². The van der Waals surface area contributed by atoms with Crippen molar-refractivity contribution in [1.82, 2.24) is 9.78 Å². The lowest BCUT2D eigenvalue weighted by molar-refractivity contribution is -0.116. The molecule has 120 valence electrons. The molecule has 0 bridgehead atoms. The SMILES string of the molecule is CCCn1nc(C)cc1[C@H]1C(C#N)=C(N)OC2=C1C(=O)CCC2. The number of allylic oxidation sites excluding steroid dienone is 3. The molecule has 1 aromatic heterocycles. The van der Waals surface area contributed by atoms with E-state index in [9.17, 15) is 10.1 Å². The van der Waals surface area contributed by atoms with E-state index in [1.54, 1.807) is 0 Å². The van der Waals surface area contributed by atoms with E-state index in [4.69, 9.17) is 10.5 Å². The summed E-state index contributed by atoms with van der Waals surface area (Å²) in [6, 6.07) is 4.07. The number of nitrogens with two attached hydrogens (primary N) is 1. The van der Waals surface area contributed by atoms with E-state index in [0.29, 0.717) is 29.7 Å². The van der Waals surface area contributed by atoms with Gasteiger partial charge in [0.2, 0.25) is 5.88 Å². The average Bonchev–Trinajstić information content (AvgIpc) is 2.87. The summed E-state index contributed by atoms with van der Waals surface area (Å²) in [5.74, 6) is 0.292. The first-order valence-electron chi connectivity index (χ1n) is 7.95. The number of rotatable bonds is 3. The Morgan fingerprint density at radius 1 is 1.52 bits per heavy atom. The molecule has 2 N–H and O–H groups in total. The lowest BCUT2D eigenvalue weighted by atomic mass is 9.79. The van der Waals surface area contributed by atoms with Crippen molar-refractivity contribution in [3.63, 3.8) is 0 Å². The van der Waals surface area contributed by atoms with Gasteiger partial charge in [-0.2, -0.15) is 10.4 Å². The summed E-state index contributed by atoms with van der Waals surface area (Å²) in [4.78, 5) is 12.5. The Morgan fingerprint density at radius 2 is 2.30 bits per heavy atom. The second-order valence-electron chi connectivity index (χ2n) is 5.97.